The maximum absolute atomic E-state index is 12.8. The van der Waals surface area contributed by atoms with Crippen LogP contribution in [0.2, 0.25) is 0 Å². The molecule has 0 bridgehead atoms. The molecular formula is C61H110O6. The van der Waals surface area contributed by atoms with Gasteiger partial charge in [0, 0.05) is 19.3 Å². The predicted octanol–water partition coefficient (Wildman–Crippen LogP) is 19.4. The summed E-state index contributed by atoms with van der Waals surface area (Å²) < 4.78 is 16.9. The summed E-state index contributed by atoms with van der Waals surface area (Å²) in [5, 5.41) is 0. The van der Waals surface area contributed by atoms with E-state index in [2.05, 4.69) is 69.4 Å². The first-order valence-electron chi connectivity index (χ1n) is 29.2. The van der Waals surface area contributed by atoms with Crippen LogP contribution in [0.5, 0.6) is 0 Å². The Morgan fingerprint density at radius 3 is 0.955 bits per heavy atom. The summed E-state index contributed by atoms with van der Waals surface area (Å²) in [5.74, 6) is -0.903. The normalized spacial score (nSPS) is 12.3. The lowest BCUT2D eigenvalue weighted by atomic mass is 10.0. The van der Waals surface area contributed by atoms with E-state index < -0.39 is 6.10 Å². The van der Waals surface area contributed by atoms with Gasteiger partial charge in [-0.15, -0.1) is 0 Å². The van der Waals surface area contributed by atoms with Crippen LogP contribution in [0.4, 0.5) is 0 Å². The number of allylic oxidation sites excluding steroid dienone is 8. The Labute approximate surface area is 416 Å². The van der Waals surface area contributed by atoms with Crippen LogP contribution < -0.4 is 0 Å². The van der Waals surface area contributed by atoms with Crippen LogP contribution >= 0.6 is 0 Å². The fraction of sp³-hybridized carbons (Fsp3) is 0.820. The molecule has 390 valence electrons. The minimum absolute atomic E-state index is 0.0834. The van der Waals surface area contributed by atoms with E-state index in [1.54, 1.807) is 0 Å². The Kier molecular flexibility index (Phi) is 53.8. The first-order chi connectivity index (χ1) is 33.0. The Morgan fingerprint density at radius 2 is 0.582 bits per heavy atom. The molecule has 0 aliphatic heterocycles. The zero-order valence-electron chi connectivity index (χ0n) is 44.7. The summed E-state index contributed by atoms with van der Waals surface area (Å²) in [4.78, 5) is 38.2. The minimum Gasteiger partial charge on any atom is -0.462 e. The molecule has 1 atom stereocenters. The monoisotopic (exact) mass is 939 g/mol. The largest absolute Gasteiger partial charge is 0.462 e. The number of carbonyl (C=O) groups excluding carboxylic acids is 3. The summed E-state index contributed by atoms with van der Waals surface area (Å²) in [7, 11) is 0. The molecule has 0 aromatic rings. The van der Waals surface area contributed by atoms with Gasteiger partial charge >= 0.3 is 17.9 Å². The van der Waals surface area contributed by atoms with Gasteiger partial charge in [0.25, 0.3) is 0 Å². The topological polar surface area (TPSA) is 78.9 Å². The fourth-order valence-corrected chi connectivity index (χ4v) is 8.41. The number of rotatable bonds is 53. The zero-order chi connectivity index (χ0) is 48.6. The van der Waals surface area contributed by atoms with Gasteiger partial charge in [-0.25, -0.2) is 0 Å². The van der Waals surface area contributed by atoms with E-state index in [-0.39, 0.29) is 31.1 Å². The van der Waals surface area contributed by atoms with Crippen molar-refractivity contribution in [2.45, 2.75) is 309 Å². The van der Waals surface area contributed by atoms with Crippen LogP contribution in [0.15, 0.2) is 48.6 Å². The van der Waals surface area contributed by atoms with Crippen LogP contribution in [-0.4, -0.2) is 37.2 Å². The molecule has 0 fully saturated rings. The van der Waals surface area contributed by atoms with Gasteiger partial charge in [0.2, 0.25) is 0 Å². The van der Waals surface area contributed by atoms with Crippen LogP contribution in [-0.2, 0) is 28.6 Å². The van der Waals surface area contributed by atoms with Crippen molar-refractivity contribution in [3.8, 4) is 0 Å². The van der Waals surface area contributed by atoms with Gasteiger partial charge in [-0.05, 0) is 77.0 Å². The lowest BCUT2D eigenvalue weighted by molar-refractivity contribution is -0.167. The smallest absolute Gasteiger partial charge is 0.306 e. The molecular weight excluding hydrogens is 829 g/mol. The zero-order valence-corrected chi connectivity index (χ0v) is 44.7. The summed E-state index contributed by atoms with van der Waals surface area (Å²) >= 11 is 0. The first kappa shape index (κ1) is 64.4. The molecule has 0 aromatic heterocycles. The van der Waals surface area contributed by atoms with Crippen LogP contribution in [0, 0.1) is 0 Å². The predicted molar refractivity (Wildman–Crippen MR) is 289 cm³/mol. The first-order valence-corrected chi connectivity index (χ1v) is 29.2. The number of hydrogen-bond donors (Lipinski definition) is 0. The van der Waals surface area contributed by atoms with E-state index in [0.29, 0.717) is 19.3 Å². The molecule has 0 radical (unpaired) electrons. The molecule has 0 rings (SSSR count). The van der Waals surface area contributed by atoms with E-state index in [1.807, 2.05) is 0 Å². The Balaban J connectivity index is 4.40. The van der Waals surface area contributed by atoms with E-state index in [4.69, 9.17) is 14.2 Å². The Bertz CT molecular complexity index is 1170. The number of hydrogen-bond acceptors (Lipinski definition) is 6. The van der Waals surface area contributed by atoms with E-state index >= 15 is 0 Å². The van der Waals surface area contributed by atoms with Crippen molar-refractivity contribution in [2.24, 2.45) is 0 Å². The molecule has 0 N–H and O–H groups in total. The lowest BCUT2D eigenvalue weighted by Gasteiger charge is -2.18. The summed E-state index contributed by atoms with van der Waals surface area (Å²) in [6.45, 7) is 6.62. The van der Waals surface area contributed by atoms with E-state index in [9.17, 15) is 14.4 Å². The van der Waals surface area contributed by atoms with Crippen molar-refractivity contribution in [3.05, 3.63) is 48.6 Å². The third kappa shape index (κ3) is 54.2. The van der Waals surface area contributed by atoms with Crippen molar-refractivity contribution < 1.29 is 28.6 Å². The highest BCUT2D eigenvalue weighted by atomic mass is 16.6. The summed E-state index contributed by atoms with van der Waals surface area (Å²) in [6.07, 6.45) is 68.1. The molecule has 0 aliphatic rings. The Hall–Kier alpha value is -2.63. The average molecular weight is 940 g/mol. The van der Waals surface area contributed by atoms with Crippen LogP contribution in [0.1, 0.15) is 303 Å². The fourth-order valence-electron chi connectivity index (χ4n) is 8.41. The van der Waals surface area contributed by atoms with Gasteiger partial charge in [-0.3, -0.25) is 14.4 Å². The van der Waals surface area contributed by atoms with Crippen molar-refractivity contribution in [3.63, 3.8) is 0 Å². The second-order valence-electron chi connectivity index (χ2n) is 19.6. The van der Waals surface area contributed by atoms with Gasteiger partial charge in [0.05, 0.1) is 0 Å². The van der Waals surface area contributed by atoms with Crippen LogP contribution in [0.3, 0.4) is 0 Å². The van der Waals surface area contributed by atoms with E-state index in [1.165, 1.54) is 180 Å². The molecule has 0 amide bonds. The highest BCUT2D eigenvalue weighted by molar-refractivity contribution is 5.71. The van der Waals surface area contributed by atoms with Crippen molar-refractivity contribution in [2.75, 3.05) is 13.2 Å². The Morgan fingerprint density at radius 1 is 0.313 bits per heavy atom. The molecule has 0 aromatic carbocycles. The molecule has 0 heterocycles. The molecule has 67 heavy (non-hydrogen) atoms. The third-order valence-corrected chi connectivity index (χ3v) is 12.8. The third-order valence-electron chi connectivity index (χ3n) is 12.8. The number of ether oxygens (including phenoxy) is 3. The van der Waals surface area contributed by atoms with Gasteiger partial charge in [0.15, 0.2) is 6.10 Å². The molecule has 0 saturated heterocycles. The van der Waals surface area contributed by atoms with Gasteiger partial charge in [0.1, 0.15) is 13.2 Å². The lowest BCUT2D eigenvalue weighted by Crippen LogP contribution is -2.30. The quantitative estimate of drug-likeness (QED) is 0.0199. The highest BCUT2D eigenvalue weighted by Gasteiger charge is 2.19. The van der Waals surface area contributed by atoms with Gasteiger partial charge in [-0.2, -0.15) is 0 Å². The molecule has 6 heteroatoms. The minimum atomic E-state index is -0.788. The van der Waals surface area contributed by atoms with Gasteiger partial charge < -0.3 is 14.2 Å². The van der Waals surface area contributed by atoms with Crippen LogP contribution in [0.25, 0.3) is 0 Å². The number of esters is 3. The molecule has 0 aliphatic carbocycles. The molecule has 0 spiro atoms. The number of unbranched alkanes of at least 4 members (excludes halogenated alkanes) is 35. The average Bonchev–Trinajstić information content (AvgIpc) is 3.33. The van der Waals surface area contributed by atoms with E-state index in [0.717, 1.165) is 83.5 Å². The molecule has 1 unspecified atom stereocenters. The number of carbonyl (C=O) groups is 3. The molecule has 0 saturated carbocycles. The van der Waals surface area contributed by atoms with Crippen molar-refractivity contribution >= 4 is 17.9 Å². The van der Waals surface area contributed by atoms with Crippen molar-refractivity contribution in [1.29, 1.82) is 0 Å². The maximum Gasteiger partial charge on any atom is 0.306 e. The van der Waals surface area contributed by atoms with Gasteiger partial charge in [-0.1, -0.05) is 256 Å². The second kappa shape index (κ2) is 56.0. The second-order valence-corrected chi connectivity index (χ2v) is 19.6. The summed E-state index contributed by atoms with van der Waals surface area (Å²) in [5.41, 5.74) is 0. The highest BCUT2D eigenvalue weighted by Crippen LogP contribution is 2.16. The maximum atomic E-state index is 12.8. The SMILES string of the molecule is CCCCC/C=C\C/C=C\CCCCCCCCCC(=O)OCC(COC(=O)CCCCCCCCCCCCCCCCCC)OC(=O)CCCCC/C=C\C=C/CCCCCCCCC. The molecule has 6 nitrogen and oxygen atoms in total. The summed E-state index contributed by atoms with van der Waals surface area (Å²) in [6, 6.07) is 0. The standard InChI is InChI=1S/C61H110O6/c1-4-7-10-13-16-19-22-25-28-31-34-36-39-42-45-48-51-54-60(63)66-57-58(67-61(64)55-52-49-46-43-40-37-33-30-27-24-21-18-15-12-9-6-3)56-65-59(62)53-50-47-44-41-38-35-32-29-26-23-20-17-14-11-8-5-2/h16,19,25,28,30,33,37,40,58H,4-15,17-18,20-24,26-27,29,31-32,34-36,38-39,41-57H2,1-3H3/b19-16-,28-25-,33-30-,40-37-. The van der Waals surface area contributed by atoms with Crippen molar-refractivity contribution in [1.82, 2.24) is 0 Å².